The number of hydrogen-bond donors (Lipinski definition) is 1. The Morgan fingerprint density at radius 1 is 1.29 bits per heavy atom. The van der Waals surface area contributed by atoms with E-state index in [1.54, 1.807) is 11.1 Å². The lowest BCUT2D eigenvalue weighted by molar-refractivity contribution is 0.459. The maximum Gasteiger partial charge on any atom is 0.0111 e. The number of fused-ring (bicyclic) bond motifs is 1. The summed E-state index contributed by atoms with van der Waals surface area (Å²) >= 11 is 0. The number of rotatable bonds is 3. The van der Waals surface area contributed by atoms with Crippen LogP contribution in [0.5, 0.6) is 0 Å². The first-order valence-corrected chi connectivity index (χ1v) is 5.70. The molecule has 0 fully saturated rings. The van der Waals surface area contributed by atoms with Crippen molar-refractivity contribution in [2.75, 3.05) is 6.54 Å². The van der Waals surface area contributed by atoms with Crippen molar-refractivity contribution in [3.8, 4) is 0 Å². The molecule has 1 heteroatoms. The number of aryl methyl sites for hydroxylation is 1. The molecular formula is C13H19N. The predicted octanol–water partition coefficient (Wildman–Crippen LogP) is 2.54. The van der Waals surface area contributed by atoms with Gasteiger partial charge >= 0.3 is 0 Å². The molecule has 1 aromatic rings. The van der Waals surface area contributed by atoms with Crippen LogP contribution in [0.25, 0.3) is 0 Å². The van der Waals surface area contributed by atoms with E-state index in [1.165, 1.54) is 25.7 Å². The highest BCUT2D eigenvalue weighted by Crippen LogP contribution is 2.20. The number of hydrogen-bond acceptors (Lipinski definition) is 1. The van der Waals surface area contributed by atoms with Gasteiger partial charge in [0.05, 0.1) is 0 Å². The van der Waals surface area contributed by atoms with Gasteiger partial charge < -0.3 is 5.32 Å². The molecule has 0 saturated carbocycles. The van der Waals surface area contributed by atoms with Gasteiger partial charge in [0.1, 0.15) is 0 Å². The molecule has 0 radical (unpaired) electrons. The Balaban J connectivity index is 1.99. The van der Waals surface area contributed by atoms with Crippen molar-refractivity contribution in [3.05, 3.63) is 35.4 Å². The zero-order chi connectivity index (χ0) is 9.80. The first kappa shape index (κ1) is 9.72. The van der Waals surface area contributed by atoms with Crippen LogP contribution in [0, 0.1) is 0 Å². The maximum absolute atomic E-state index is 3.61. The molecule has 1 atom stereocenters. The van der Waals surface area contributed by atoms with Crippen molar-refractivity contribution in [1.82, 2.24) is 5.32 Å². The van der Waals surface area contributed by atoms with Crippen LogP contribution in [0.15, 0.2) is 24.3 Å². The lowest BCUT2D eigenvalue weighted by Gasteiger charge is -2.25. The van der Waals surface area contributed by atoms with Gasteiger partial charge in [0.2, 0.25) is 0 Å². The Labute approximate surface area is 86.5 Å². The van der Waals surface area contributed by atoms with E-state index in [9.17, 15) is 0 Å². The molecule has 0 saturated heterocycles. The van der Waals surface area contributed by atoms with Crippen LogP contribution in [0.4, 0.5) is 0 Å². The van der Waals surface area contributed by atoms with Gasteiger partial charge in [-0.3, -0.25) is 0 Å². The van der Waals surface area contributed by atoms with Crippen molar-refractivity contribution in [3.63, 3.8) is 0 Å². The third kappa shape index (κ3) is 2.16. The first-order chi connectivity index (χ1) is 6.90. The van der Waals surface area contributed by atoms with E-state index < -0.39 is 0 Å². The van der Waals surface area contributed by atoms with E-state index in [0.29, 0.717) is 6.04 Å². The third-order valence-electron chi connectivity index (χ3n) is 3.03. The van der Waals surface area contributed by atoms with Gasteiger partial charge in [-0.15, -0.1) is 0 Å². The minimum absolute atomic E-state index is 0.713. The fourth-order valence-electron chi connectivity index (χ4n) is 2.22. The molecule has 0 aliphatic heterocycles. The molecule has 14 heavy (non-hydrogen) atoms. The van der Waals surface area contributed by atoms with Gasteiger partial charge in [0.25, 0.3) is 0 Å². The summed E-state index contributed by atoms with van der Waals surface area (Å²) in [5.41, 5.74) is 3.11. The minimum Gasteiger partial charge on any atom is -0.314 e. The monoisotopic (exact) mass is 189 g/mol. The van der Waals surface area contributed by atoms with Crippen molar-refractivity contribution in [2.24, 2.45) is 0 Å². The van der Waals surface area contributed by atoms with Crippen molar-refractivity contribution >= 4 is 0 Å². The van der Waals surface area contributed by atoms with Crippen molar-refractivity contribution in [1.29, 1.82) is 0 Å². The second-order valence-corrected chi connectivity index (χ2v) is 4.16. The van der Waals surface area contributed by atoms with Crippen LogP contribution in [0.3, 0.4) is 0 Å². The zero-order valence-corrected chi connectivity index (χ0v) is 8.92. The Kier molecular flexibility index (Phi) is 3.20. The van der Waals surface area contributed by atoms with Crippen LogP contribution in [0.2, 0.25) is 0 Å². The molecule has 0 aromatic heterocycles. The Morgan fingerprint density at radius 2 is 2.07 bits per heavy atom. The quantitative estimate of drug-likeness (QED) is 0.770. The lowest BCUT2D eigenvalue weighted by atomic mass is 9.88. The Hall–Kier alpha value is -0.820. The fourth-order valence-corrected chi connectivity index (χ4v) is 2.22. The fraction of sp³-hybridized carbons (Fsp3) is 0.538. The summed E-state index contributed by atoms with van der Waals surface area (Å²) in [6, 6.07) is 9.56. The summed E-state index contributed by atoms with van der Waals surface area (Å²) in [7, 11) is 0. The van der Waals surface area contributed by atoms with E-state index in [-0.39, 0.29) is 0 Å². The second kappa shape index (κ2) is 4.61. The van der Waals surface area contributed by atoms with Crippen molar-refractivity contribution in [2.45, 2.75) is 38.6 Å². The molecule has 0 heterocycles. The molecule has 2 rings (SSSR count). The highest BCUT2D eigenvalue weighted by molar-refractivity contribution is 5.30. The number of benzene rings is 1. The smallest absolute Gasteiger partial charge is 0.0111 e. The molecule has 76 valence electrons. The summed E-state index contributed by atoms with van der Waals surface area (Å²) in [4.78, 5) is 0. The standard InChI is InChI=1S/C13H19N/c1-2-9-14-13-8-7-11-5-3-4-6-12(11)10-13/h3-6,13-14H,2,7-10H2,1H3/t13-/m0/s1. The van der Waals surface area contributed by atoms with E-state index in [4.69, 9.17) is 0 Å². The topological polar surface area (TPSA) is 12.0 Å². The maximum atomic E-state index is 3.61. The van der Waals surface area contributed by atoms with Crippen molar-refractivity contribution < 1.29 is 0 Å². The van der Waals surface area contributed by atoms with E-state index >= 15 is 0 Å². The summed E-state index contributed by atoms with van der Waals surface area (Å²) in [6.45, 7) is 3.39. The van der Waals surface area contributed by atoms with E-state index in [0.717, 1.165) is 6.54 Å². The summed E-state index contributed by atoms with van der Waals surface area (Å²) in [5.74, 6) is 0. The van der Waals surface area contributed by atoms with Crippen LogP contribution in [-0.4, -0.2) is 12.6 Å². The van der Waals surface area contributed by atoms with Gasteiger partial charge in [-0.25, -0.2) is 0 Å². The molecule has 1 aliphatic rings. The molecule has 1 aromatic carbocycles. The Morgan fingerprint density at radius 3 is 2.86 bits per heavy atom. The largest absolute Gasteiger partial charge is 0.314 e. The summed E-state index contributed by atoms with van der Waals surface area (Å²) < 4.78 is 0. The average molecular weight is 189 g/mol. The van der Waals surface area contributed by atoms with Gasteiger partial charge in [-0.2, -0.15) is 0 Å². The molecule has 1 aliphatic carbocycles. The molecule has 0 unspecified atom stereocenters. The highest BCUT2D eigenvalue weighted by Gasteiger charge is 2.16. The highest BCUT2D eigenvalue weighted by atomic mass is 14.9. The molecule has 0 amide bonds. The average Bonchev–Trinajstić information content (AvgIpc) is 2.26. The normalized spacial score (nSPS) is 20.5. The molecule has 0 spiro atoms. The molecule has 1 N–H and O–H groups in total. The summed E-state index contributed by atoms with van der Waals surface area (Å²) in [6.07, 6.45) is 5.00. The summed E-state index contributed by atoms with van der Waals surface area (Å²) in [5, 5.41) is 3.61. The van der Waals surface area contributed by atoms with Gasteiger partial charge in [0.15, 0.2) is 0 Å². The van der Waals surface area contributed by atoms with Crippen LogP contribution >= 0.6 is 0 Å². The minimum atomic E-state index is 0.713. The zero-order valence-electron chi connectivity index (χ0n) is 8.92. The SMILES string of the molecule is CCCN[C@H]1CCc2ccccc2C1. The second-order valence-electron chi connectivity index (χ2n) is 4.16. The lowest BCUT2D eigenvalue weighted by Crippen LogP contribution is -2.34. The van der Waals surface area contributed by atoms with Gasteiger partial charge in [-0.05, 0) is 43.4 Å². The van der Waals surface area contributed by atoms with Crippen LogP contribution < -0.4 is 5.32 Å². The Bertz CT molecular complexity index is 293. The van der Waals surface area contributed by atoms with E-state index in [2.05, 4.69) is 36.5 Å². The van der Waals surface area contributed by atoms with E-state index in [1.807, 2.05) is 0 Å². The van der Waals surface area contributed by atoms with Crippen LogP contribution in [-0.2, 0) is 12.8 Å². The predicted molar refractivity (Wildman–Crippen MR) is 60.5 cm³/mol. The van der Waals surface area contributed by atoms with Gasteiger partial charge in [-0.1, -0.05) is 31.2 Å². The molecule has 1 nitrogen and oxygen atoms in total. The number of nitrogens with one attached hydrogen (secondary N) is 1. The molecular weight excluding hydrogens is 170 g/mol. The van der Waals surface area contributed by atoms with Crippen LogP contribution in [0.1, 0.15) is 30.9 Å². The molecule has 0 bridgehead atoms. The first-order valence-electron chi connectivity index (χ1n) is 5.70. The van der Waals surface area contributed by atoms with Gasteiger partial charge in [0, 0.05) is 6.04 Å². The third-order valence-corrected chi connectivity index (χ3v) is 3.03.